The van der Waals surface area contributed by atoms with Crippen molar-refractivity contribution in [2.24, 2.45) is 0 Å². The Kier molecular flexibility index (Phi) is 5.31. The molecule has 0 saturated heterocycles. The van der Waals surface area contributed by atoms with Gasteiger partial charge in [0.1, 0.15) is 0 Å². The van der Waals surface area contributed by atoms with E-state index in [0.29, 0.717) is 23.5 Å². The normalized spacial score (nSPS) is 16.9. The average Bonchev–Trinajstić information content (AvgIpc) is 2.74. The van der Waals surface area contributed by atoms with E-state index in [9.17, 15) is 13.2 Å². The van der Waals surface area contributed by atoms with Crippen LogP contribution in [0.3, 0.4) is 0 Å². The van der Waals surface area contributed by atoms with E-state index >= 15 is 0 Å². The molecule has 8 heteroatoms. The van der Waals surface area contributed by atoms with Crippen LogP contribution in [0.15, 0.2) is 35.1 Å². The van der Waals surface area contributed by atoms with Crippen LogP contribution in [-0.2, 0) is 16.4 Å². The van der Waals surface area contributed by atoms with Crippen LogP contribution >= 0.6 is 0 Å². The predicted molar refractivity (Wildman–Crippen MR) is 121 cm³/mol. The fraction of sp³-hybridized carbons (Fsp3) is 0.348. The Bertz CT molecular complexity index is 1340. The number of sulfonamides is 1. The maximum absolute atomic E-state index is 13.2. The number of hydrogen-bond acceptors (Lipinski definition) is 5. The Labute approximate surface area is 181 Å². The Morgan fingerprint density at radius 2 is 1.71 bits per heavy atom. The van der Waals surface area contributed by atoms with Gasteiger partial charge >= 0.3 is 0 Å². The van der Waals surface area contributed by atoms with E-state index in [0.717, 1.165) is 33.2 Å². The summed E-state index contributed by atoms with van der Waals surface area (Å²) in [6, 6.07) is 8.63. The van der Waals surface area contributed by atoms with Crippen LogP contribution in [0.25, 0.3) is 10.9 Å². The highest BCUT2D eigenvalue weighted by molar-refractivity contribution is 7.88. The van der Waals surface area contributed by atoms with Crippen LogP contribution in [0.1, 0.15) is 33.9 Å². The zero-order valence-corrected chi connectivity index (χ0v) is 19.1. The first-order valence-electron chi connectivity index (χ1n) is 10.0. The monoisotopic (exact) mass is 442 g/mol. The topological polar surface area (TPSA) is 88.7 Å². The van der Waals surface area contributed by atoms with E-state index in [-0.39, 0.29) is 12.1 Å². The molecule has 7 nitrogen and oxygen atoms in total. The number of nitrogens with zero attached hydrogens (tertiary/aromatic N) is 1. The first-order valence-corrected chi connectivity index (χ1v) is 11.8. The van der Waals surface area contributed by atoms with Crippen LogP contribution in [0.2, 0.25) is 0 Å². The molecule has 164 valence electrons. The predicted octanol–water partition coefficient (Wildman–Crippen LogP) is 3.07. The van der Waals surface area contributed by atoms with Crippen molar-refractivity contribution in [2.45, 2.75) is 26.3 Å². The van der Waals surface area contributed by atoms with Crippen molar-refractivity contribution < 1.29 is 17.9 Å². The lowest BCUT2D eigenvalue weighted by atomic mass is 9.89. The molecule has 31 heavy (non-hydrogen) atoms. The number of H-pyrrole nitrogens is 1. The SMILES string of the molecule is COc1cc2c(cc1OC)C(c1cc3ccc(C)c(C)c3[nH]c1=O)N(S(C)(=O)=O)CC2. The second-order valence-electron chi connectivity index (χ2n) is 7.96. The summed E-state index contributed by atoms with van der Waals surface area (Å²) in [5.41, 5.74) is 4.58. The quantitative estimate of drug-likeness (QED) is 0.671. The molecular weight excluding hydrogens is 416 g/mol. The van der Waals surface area contributed by atoms with Crippen molar-refractivity contribution in [3.05, 3.63) is 68.5 Å². The van der Waals surface area contributed by atoms with Crippen LogP contribution in [0.5, 0.6) is 11.5 Å². The molecule has 1 unspecified atom stereocenters. The van der Waals surface area contributed by atoms with Gasteiger partial charge in [-0.2, -0.15) is 4.31 Å². The van der Waals surface area contributed by atoms with Gasteiger partial charge < -0.3 is 14.5 Å². The number of methoxy groups -OCH3 is 2. The minimum Gasteiger partial charge on any atom is -0.493 e. The molecule has 4 rings (SSSR count). The largest absolute Gasteiger partial charge is 0.493 e. The number of rotatable bonds is 4. The van der Waals surface area contributed by atoms with E-state index in [1.54, 1.807) is 19.2 Å². The zero-order valence-electron chi connectivity index (χ0n) is 18.3. The number of aromatic amines is 1. The molecule has 2 heterocycles. The summed E-state index contributed by atoms with van der Waals surface area (Å²) >= 11 is 0. The lowest BCUT2D eigenvalue weighted by molar-refractivity contribution is 0.332. The number of hydrogen-bond donors (Lipinski definition) is 1. The molecule has 1 aromatic heterocycles. The highest BCUT2D eigenvalue weighted by Gasteiger charge is 2.37. The summed E-state index contributed by atoms with van der Waals surface area (Å²) in [6.45, 7) is 4.23. The fourth-order valence-electron chi connectivity index (χ4n) is 4.35. The third kappa shape index (κ3) is 3.59. The van der Waals surface area contributed by atoms with Crippen molar-refractivity contribution in [3.8, 4) is 11.5 Å². The lowest BCUT2D eigenvalue weighted by Crippen LogP contribution is -2.42. The maximum atomic E-state index is 13.2. The number of benzene rings is 2. The second kappa shape index (κ2) is 7.69. The molecule has 1 atom stereocenters. The van der Waals surface area contributed by atoms with Crippen molar-refractivity contribution in [2.75, 3.05) is 27.0 Å². The highest BCUT2D eigenvalue weighted by atomic mass is 32.2. The average molecular weight is 443 g/mol. The first kappa shape index (κ1) is 21.4. The molecule has 2 aromatic carbocycles. The first-order chi connectivity index (χ1) is 14.7. The third-order valence-electron chi connectivity index (χ3n) is 6.13. The fourth-order valence-corrected chi connectivity index (χ4v) is 5.38. The molecule has 3 aromatic rings. The summed E-state index contributed by atoms with van der Waals surface area (Å²) in [5, 5.41) is 0.860. The molecule has 0 radical (unpaired) electrons. The molecule has 0 spiro atoms. The van der Waals surface area contributed by atoms with E-state index in [1.165, 1.54) is 17.7 Å². The van der Waals surface area contributed by atoms with Gasteiger partial charge in [-0.3, -0.25) is 4.79 Å². The van der Waals surface area contributed by atoms with Gasteiger partial charge in [0, 0.05) is 12.1 Å². The van der Waals surface area contributed by atoms with Crippen LogP contribution in [0.4, 0.5) is 0 Å². The van der Waals surface area contributed by atoms with Gasteiger partial charge in [0.2, 0.25) is 10.0 Å². The van der Waals surface area contributed by atoms with E-state index < -0.39 is 16.1 Å². The lowest BCUT2D eigenvalue weighted by Gasteiger charge is -2.36. The van der Waals surface area contributed by atoms with Gasteiger partial charge in [-0.15, -0.1) is 0 Å². The van der Waals surface area contributed by atoms with Gasteiger partial charge in [-0.25, -0.2) is 8.42 Å². The molecule has 0 fully saturated rings. The Balaban J connectivity index is 2.02. The summed E-state index contributed by atoms with van der Waals surface area (Å²) in [7, 11) is -0.484. The van der Waals surface area contributed by atoms with Crippen molar-refractivity contribution in [1.82, 2.24) is 9.29 Å². The molecule has 0 bridgehead atoms. The number of aromatic nitrogens is 1. The van der Waals surface area contributed by atoms with Gasteiger partial charge in [0.05, 0.1) is 32.0 Å². The summed E-state index contributed by atoms with van der Waals surface area (Å²) < 4.78 is 37.6. The summed E-state index contributed by atoms with van der Waals surface area (Å²) in [5.74, 6) is 1.07. The summed E-state index contributed by atoms with van der Waals surface area (Å²) in [4.78, 5) is 16.2. The highest BCUT2D eigenvalue weighted by Crippen LogP contribution is 2.41. The maximum Gasteiger partial charge on any atom is 0.253 e. The molecule has 1 N–H and O–H groups in total. The number of nitrogens with one attached hydrogen (secondary N) is 1. The van der Waals surface area contributed by atoms with Crippen molar-refractivity contribution in [1.29, 1.82) is 0 Å². The molecule has 0 amide bonds. The third-order valence-corrected chi connectivity index (χ3v) is 7.38. The standard InChI is InChI=1S/C23H26N2O5S/c1-13-6-7-16-10-18(23(26)24-21(16)14(13)2)22-17-12-20(30-4)19(29-3)11-15(17)8-9-25(22)31(5,27)28/h6-7,10-12,22H,8-9H2,1-5H3,(H,24,26). The number of aryl methyl sites for hydroxylation is 2. The molecule has 1 aliphatic rings. The van der Waals surface area contributed by atoms with E-state index in [2.05, 4.69) is 4.98 Å². The van der Waals surface area contributed by atoms with Crippen LogP contribution < -0.4 is 15.0 Å². The van der Waals surface area contributed by atoms with Crippen molar-refractivity contribution in [3.63, 3.8) is 0 Å². The Morgan fingerprint density at radius 3 is 2.35 bits per heavy atom. The zero-order chi connectivity index (χ0) is 22.5. The molecule has 0 saturated carbocycles. The van der Waals surface area contributed by atoms with E-state index in [4.69, 9.17) is 9.47 Å². The second-order valence-corrected chi connectivity index (χ2v) is 9.89. The number of ether oxygens (including phenoxy) is 2. The van der Waals surface area contributed by atoms with Gasteiger partial charge in [-0.05, 0) is 66.1 Å². The molecule has 1 aliphatic heterocycles. The molecule has 0 aliphatic carbocycles. The Hall–Kier alpha value is -2.84. The summed E-state index contributed by atoms with van der Waals surface area (Å²) in [6.07, 6.45) is 1.69. The number of pyridine rings is 1. The van der Waals surface area contributed by atoms with Gasteiger partial charge in [0.25, 0.3) is 5.56 Å². The van der Waals surface area contributed by atoms with Crippen LogP contribution in [0, 0.1) is 13.8 Å². The smallest absolute Gasteiger partial charge is 0.253 e. The van der Waals surface area contributed by atoms with Crippen molar-refractivity contribution >= 4 is 20.9 Å². The number of fused-ring (bicyclic) bond motifs is 2. The van der Waals surface area contributed by atoms with Gasteiger partial charge in [-0.1, -0.05) is 12.1 Å². The van der Waals surface area contributed by atoms with Crippen LogP contribution in [-0.4, -0.2) is 44.7 Å². The van der Waals surface area contributed by atoms with Gasteiger partial charge in [0.15, 0.2) is 11.5 Å². The van der Waals surface area contributed by atoms with E-state index in [1.807, 2.05) is 32.0 Å². The minimum absolute atomic E-state index is 0.274. The minimum atomic E-state index is -3.58. The molecular formula is C23H26N2O5S. The Morgan fingerprint density at radius 1 is 1.03 bits per heavy atom.